The molecule has 9 heteroatoms. The molecule has 0 aromatic heterocycles. The van der Waals surface area contributed by atoms with Crippen LogP contribution in [-0.4, -0.2) is 46.3 Å². The van der Waals surface area contributed by atoms with Crippen LogP contribution in [0.1, 0.15) is 30.9 Å². The summed E-state index contributed by atoms with van der Waals surface area (Å²) in [5, 5.41) is 6.61. The number of nitrogens with zero attached hydrogens (tertiary/aromatic N) is 2. The van der Waals surface area contributed by atoms with Gasteiger partial charge in [-0.2, -0.15) is 0 Å². The van der Waals surface area contributed by atoms with Crippen LogP contribution in [-0.2, 0) is 17.9 Å². The van der Waals surface area contributed by atoms with Crippen molar-refractivity contribution in [2.45, 2.75) is 32.9 Å². The highest BCUT2D eigenvalue weighted by atomic mass is 127. The summed E-state index contributed by atoms with van der Waals surface area (Å²) in [4.78, 5) is 18.5. The van der Waals surface area contributed by atoms with E-state index in [0.29, 0.717) is 42.7 Å². The van der Waals surface area contributed by atoms with E-state index in [9.17, 15) is 4.79 Å². The van der Waals surface area contributed by atoms with Crippen molar-refractivity contribution in [3.63, 3.8) is 0 Å². The fourth-order valence-electron chi connectivity index (χ4n) is 3.70. The van der Waals surface area contributed by atoms with Crippen LogP contribution in [0.3, 0.4) is 0 Å². The molecule has 1 aliphatic heterocycles. The topological polar surface area (TPSA) is 84.4 Å². The highest BCUT2D eigenvalue weighted by molar-refractivity contribution is 14.0. The Morgan fingerprint density at radius 3 is 2.30 bits per heavy atom. The predicted molar refractivity (Wildman–Crippen MR) is 141 cm³/mol. The zero-order valence-electron chi connectivity index (χ0n) is 19.6. The Morgan fingerprint density at radius 1 is 1.00 bits per heavy atom. The molecule has 180 valence electrons. The van der Waals surface area contributed by atoms with Crippen LogP contribution in [0, 0.1) is 0 Å². The van der Waals surface area contributed by atoms with Gasteiger partial charge in [-0.25, -0.2) is 4.99 Å². The van der Waals surface area contributed by atoms with E-state index in [2.05, 4.69) is 15.6 Å². The second-order valence-corrected chi connectivity index (χ2v) is 7.36. The lowest BCUT2D eigenvalue weighted by Gasteiger charge is -2.17. The second-order valence-electron chi connectivity index (χ2n) is 7.36. The Morgan fingerprint density at radius 2 is 1.73 bits per heavy atom. The Labute approximate surface area is 212 Å². The van der Waals surface area contributed by atoms with Gasteiger partial charge in [0.1, 0.15) is 0 Å². The number of methoxy groups -OCH3 is 3. The smallest absolute Gasteiger partial charge is 0.227 e. The molecule has 0 saturated carbocycles. The summed E-state index contributed by atoms with van der Waals surface area (Å²) < 4.78 is 16.4. The molecule has 1 fully saturated rings. The molecule has 1 amide bonds. The lowest BCUT2D eigenvalue weighted by atomic mass is 10.1. The number of carbonyl (C=O) groups excluding carboxylic acids is 1. The average Bonchev–Trinajstić information content (AvgIpc) is 3.26. The van der Waals surface area contributed by atoms with Crippen molar-refractivity contribution in [3.05, 3.63) is 47.5 Å². The number of rotatable bonds is 9. The number of guanidine groups is 1. The van der Waals surface area contributed by atoms with Crippen molar-refractivity contribution in [2.75, 3.05) is 39.3 Å². The van der Waals surface area contributed by atoms with Gasteiger partial charge in [0.05, 0.1) is 27.9 Å². The van der Waals surface area contributed by atoms with Gasteiger partial charge < -0.3 is 29.7 Å². The van der Waals surface area contributed by atoms with Crippen molar-refractivity contribution < 1.29 is 19.0 Å². The van der Waals surface area contributed by atoms with Crippen LogP contribution >= 0.6 is 24.0 Å². The quantitative estimate of drug-likeness (QED) is 0.273. The predicted octanol–water partition coefficient (Wildman–Crippen LogP) is 3.71. The molecule has 8 nitrogen and oxygen atoms in total. The number of amides is 1. The van der Waals surface area contributed by atoms with E-state index in [1.54, 1.807) is 21.3 Å². The third-order valence-electron chi connectivity index (χ3n) is 5.32. The number of hydrogen-bond donors (Lipinski definition) is 2. The second kappa shape index (κ2) is 13.1. The van der Waals surface area contributed by atoms with Crippen LogP contribution in [0.2, 0.25) is 0 Å². The van der Waals surface area contributed by atoms with E-state index in [1.807, 2.05) is 48.2 Å². The Bertz CT molecular complexity index is 950. The number of aliphatic imine (C=N–C) groups is 1. The van der Waals surface area contributed by atoms with Gasteiger partial charge in [-0.15, -0.1) is 24.0 Å². The molecule has 0 bridgehead atoms. The number of ether oxygens (including phenoxy) is 3. The molecular formula is C24H33IN4O4. The first-order chi connectivity index (χ1) is 15.6. The Kier molecular flexibility index (Phi) is 10.6. The summed E-state index contributed by atoms with van der Waals surface area (Å²) in [5.41, 5.74) is 2.95. The summed E-state index contributed by atoms with van der Waals surface area (Å²) in [6, 6.07) is 11.8. The van der Waals surface area contributed by atoms with Gasteiger partial charge in [0, 0.05) is 37.3 Å². The minimum Gasteiger partial charge on any atom is -0.493 e. The van der Waals surface area contributed by atoms with Gasteiger partial charge in [0.25, 0.3) is 0 Å². The number of anilines is 1. The molecule has 1 aliphatic rings. The van der Waals surface area contributed by atoms with E-state index in [-0.39, 0.29) is 29.9 Å². The molecule has 0 radical (unpaired) electrons. The maximum Gasteiger partial charge on any atom is 0.227 e. The summed E-state index contributed by atoms with van der Waals surface area (Å²) in [5.74, 6) is 2.70. The van der Waals surface area contributed by atoms with Crippen molar-refractivity contribution in [3.8, 4) is 17.2 Å². The molecule has 0 unspecified atom stereocenters. The van der Waals surface area contributed by atoms with Crippen molar-refractivity contribution in [1.82, 2.24) is 10.6 Å². The zero-order valence-corrected chi connectivity index (χ0v) is 22.0. The van der Waals surface area contributed by atoms with Crippen LogP contribution in [0.25, 0.3) is 0 Å². The lowest BCUT2D eigenvalue weighted by Crippen LogP contribution is -2.36. The van der Waals surface area contributed by atoms with Crippen molar-refractivity contribution >= 4 is 41.5 Å². The third kappa shape index (κ3) is 6.66. The first-order valence-electron chi connectivity index (χ1n) is 10.8. The van der Waals surface area contributed by atoms with E-state index < -0.39 is 0 Å². The highest BCUT2D eigenvalue weighted by Crippen LogP contribution is 2.39. The summed E-state index contributed by atoms with van der Waals surface area (Å²) in [6.45, 7) is 4.59. The summed E-state index contributed by atoms with van der Waals surface area (Å²) >= 11 is 0. The lowest BCUT2D eigenvalue weighted by molar-refractivity contribution is -0.117. The number of hydrogen-bond acceptors (Lipinski definition) is 5. The van der Waals surface area contributed by atoms with Gasteiger partial charge >= 0.3 is 0 Å². The van der Waals surface area contributed by atoms with E-state index in [0.717, 1.165) is 36.3 Å². The molecule has 2 aromatic carbocycles. The van der Waals surface area contributed by atoms with Gasteiger partial charge in [-0.1, -0.05) is 12.1 Å². The fourth-order valence-corrected chi connectivity index (χ4v) is 3.70. The zero-order chi connectivity index (χ0) is 22.9. The van der Waals surface area contributed by atoms with Crippen LogP contribution in [0.4, 0.5) is 5.69 Å². The first-order valence-corrected chi connectivity index (χ1v) is 10.8. The third-order valence-corrected chi connectivity index (χ3v) is 5.32. The molecule has 33 heavy (non-hydrogen) atoms. The maximum absolute atomic E-state index is 11.9. The highest BCUT2D eigenvalue weighted by Gasteiger charge is 2.21. The molecule has 2 aromatic rings. The van der Waals surface area contributed by atoms with Gasteiger partial charge in [-0.05, 0) is 43.2 Å². The minimum atomic E-state index is 0. The monoisotopic (exact) mass is 568 g/mol. The number of benzene rings is 2. The Balaban J connectivity index is 0.00000385. The number of nitrogens with one attached hydrogen (secondary N) is 2. The molecule has 1 saturated heterocycles. The average molecular weight is 568 g/mol. The normalized spacial score (nSPS) is 13.4. The molecule has 0 atom stereocenters. The first kappa shape index (κ1) is 26.6. The number of halogens is 1. The van der Waals surface area contributed by atoms with Gasteiger partial charge in [0.15, 0.2) is 17.5 Å². The summed E-state index contributed by atoms with van der Waals surface area (Å²) in [7, 11) is 4.80. The van der Waals surface area contributed by atoms with E-state index in [4.69, 9.17) is 14.2 Å². The molecule has 2 N–H and O–H groups in total. The van der Waals surface area contributed by atoms with Crippen molar-refractivity contribution in [1.29, 1.82) is 0 Å². The largest absolute Gasteiger partial charge is 0.493 e. The molecule has 1 heterocycles. The minimum absolute atomic E-state index is 0. The maximum atomic E-state index is 11.9. The molecule has 0 spiro atoms. The standard InChI is InChI=1S/C24H32N4O4.HI/c1-5-25-24(27-16-18-10-13-20(30-2)23(32-4)22(18)31-3)26-15-17-8-11-19(12-9-17)28-14-6-7-21(28)29;/h8-13H,5-7,14-16H2,1-4H3,(H2,25,26,27);1H. The number of carbonyl (C=O) groups is 1. The summed E-state index contributed by atoms with van der Waals surface area (Å²) in [6.07, 6.45) is 1.56. The SMILES string of the molecule is CCNC(=NCc1ccc(N2CCCC2=O)cc1)NCc1ccc(OC)c(OC)c1OC.I. The van der Waals surface area contributed by atoms with Gasteiger partial charge in [-0.3, -0.25) is 4.79 Å². The van der Waals surface area contributed by atoms with E-state index >= 15 is 0 Å². The van der Waals surface area contributed by atoms with E-state index in [1.165, 1.54) is 0 Å². The van der Waals surface area contributed by atoms with Crippen LogP contribution < -0.4 is 29.7 Å². The Hall–Kier alpha value is -2.69. The molecule has 0 aliphatic carbocycles. The van der Waals surface area contributed by atoms with Crippen LogP contribution in [0.15, 0.2) is 41.4 Å². The molecular weight excluding hydrogens is 535 g/mol. The molecule has 3 rings (SSSR count). The fraction of sp³-hybridized carbons (Fsp3) is 0.417. The van der Waals surface area contributed by atoms with Gasteiger partial charge in [0.2, 0.25) is 11.7 Å². The van der Waals surface area contributed by atoms with Crippen molar-refractivity contribution in [2.24, 2.45) is 4.99 Å². The van der Waals surface area contributed by atoms with Crippen LogP contribution in [0.5, 0.6) is 17.2 Å².